The quantitative estimate of drug-likeness (QED) is 0.944. The zero-order valence-corrected chi connectivity index (χ0v) is 11.7. The third-order valence-corrected chi connectivity index (χ3v) is 4.77. The number of likely N-dealkylation sites (tertiary alicyclic amines) is 1. The molecule has 0 spiro atoms. The van der Waals surface area contributed by atoms with E-state index < -0.39 is 12.0 Å². The largest absolute Gasteiger partial charge is 0.480 e. The van der Waals surface area contributed by atoms with Gasteiger partial charge in [-0.1, -0.05) is 18.2 Å². The van der Waals surface area contributed by atoms with Gasteiger partial charge in [-0.15, -0.1) is 11.3 Å². The molecule has 4 nitrogen and oxygen atoms in total. The normalized spacial score (nSPS) is 18.6. The number of benzene rings is 1. The highest BCUT2D eigenvalue weighted by atomic mass is 32.1. The fourth-order valence-electron chi connectivity index (χ4n) is 2.76. The molecule has 1 N–H and O–H groups in total. The highest BCUT2D eigenvalue weighted by molar-refractivity contribution is 7.17. The van der Waals surface area contributed by atoms with Gasteiger partial charge in [0.05, 0.1) is 6.42 Å². The number of carbonyl (C=O) groups excluding carboxylic acids is 1. The molecule has 1 saturated heterocycles. The van der Waals surface area contributed by atoms with Crippen molar-refractivity contribution >= 4 is 33.3 Å². The molecular weight excluding hydrogens is 274 g/mol. The first-order chi connectivity index (χ1) is 9.66. The zero-order valence-electron chi connectivity index (χ0n) is 10.9. The van der Waals surface area contributed by atoms with Crippen molar-refractivity contribution in [1.29, 1.82) is 0 Å². The Balaban J connectivity index is 1.80. The van der Waals surface area contributed by atoms with E-state index in [-0.39, 0.29) is 12.3 Å². The Kier molecular flexibility index (Phi) is 3.44. The second-order valence-electron chi connectivity index (χ2n) is 5.02. The molecule has 1 amide bonds. The highest BCUT2D eigenvalue weighted by Crippen LogP contribution is 2.27. The van der Waals surface area contributed by atoms with Crippen molar-refractivity contribution < 1.29 is 14.7 Å². The fraction of sp³-hybridized carbons (Fsp3) is 0.333. The van der Waals surface area contributed by atoms with Crippen molar-refractivity contribution in [2.24, 2.45) is 0 Å². The monoisotopic (exact) mass is 289 g/mol. The number of carboxylic acids is 1. The Hall–Kier alpha value is -1.88. The van der Waals surface area contributed by atoms with E-state index in [1.165, 1.54) is 4.90 Å². The summed E-state index contributed by atoms with van der Waals surface area (Å²) >= 11 is 1.62. The van der Waals surface area contributed by atoms with E-state index in [4.69, 9.17) is 5.11 Å². The Labute approximate surface area is 120 Å². The third kappa shape index (κ3) is 2.29. The van der Waals surface area contributed by atoms with Crippen LogP contribution in [0, 0.1) is 0 Å². The number of rotatable bonds is 3. The van der Waals surface area contributed by atoms with Gasteiger partial charge in [0.15, 0.2) is 0 Å². The summed E-state index contributed by atoms with van der Waals surface area (Å²) < 4.78 is 1.16. The number of aliphatic carboxylic acids is 1. The summed E-state index contributed by atoms with van der Waals surface area (Å²) in [6.45, 7) is 0.553. The minimum Gasteiger partial charge on any atom is -0.480 e. The Morgan fingerprint density at radius 3 is 2.95 bits per heavy atom. The van der Waals surface area contributed by atoms with Gasteiger partial charge >= 0.3 is 5.97 Å². The lowest BCUT2D eigenvalue weighted by molar-refractivity contribution is -0.147. The van der Waals surface area contributed by atoms with Crippen LogP contribution in [0.2, 0.25) is 0 Å². The number of thiophene rings is 1. The third-order valence-electron chi connectivity index (χ3n) is 3.76. The molecule has 0 bridgehead atoms. The summed E-state index contributed by atoms with van der Waals surface area (Å²) in [6, 6.07) is 7.33. The average molecular weight is 289 g/mol. The lowest BCUT2D eigenvalue weighted by atomic mass is 10.1. The maximum Gasteiger partial charge on any atom is 0.326 e. The van der Waals surface area contributed by atoms with Gasteiger partial charge in [-0.05, 0) is 35.2 Å². The molecule has 1 aromatic heterocycles. The number of nitrogens with zero attached hydrogens (tertiary/aromatic N) is 1. The second-order valence-corrected chi connectivity index (χ2v) is 5.93. The Bertz CT molecular complexity index is 664. The van der Waals surface area contributed by atoms with Crippen molar-refractivity contribution in [3.05, 3.63) is 35.2 Å². The topological polar surface area (TPSA) is 57.6 Å². The SMILES string of the molecule is O=C(O)C1CCCN1C(=O)Cc1csc2ccccc12. The van der Waals surface area contributed by atoms with E-state index >= 15 is 0 Å². The molecule has 0 radical (unpaired) electrons. The molecule has 1 fully saturated rings. The summed E-state index contributed by atoms with van der Waals surface area (Å²) in [6.07, 6.45) is 1.62. The maximum atomic E-state index is 12.3. The first-order valence-electron chi connectivity index (χ1n) is 6.64. The van der Waals surface area contributed by atoms with Crippen LogP contribution in [0.4, 0.5) is 0 Å². The molecule has 2 heterocycles. The smallest absolute Gasteiger partial charge is 0.326 e. The van der Waals surface area contributed by atoms with Gasteiger partial charge in [-0.3, -0.25) is 4.79 Å². The van der Waals surface area contributed by atoms with Crippen LogP contribution in [0.25, 0.3) is 10.1 Å². The first kappa shape index (κ1) is 13.1. The van der Waals surface area contributed by atoms with Gasteiger partial charge in [0.2, 0.25) is 5.91 Å². The summed E-state index contributed by atoms with van der Waals surface area (Å²) in [5, 5.41) is 12.2. The van der Waals surface area contributed by atoms with Gasteiger partial charge < -0.3 is 10.0 Å². The van der Waals surface area contributed by atoms with Gasteiger partial charge in [-0.2, -0.15) is 0 Å². The van der Waals surface area contributed by atoms with E-state index in [2.05, 4.69) is 0 Å². The van der Waals surface area contributed by atoms with Gasteiger partial charge in [0.25, 0.3) is 0 Å². The molecule has 5 heteroatoms. The maximum absolute atomic E-state index is 12.3. The van der Waals surface area contributed by atoms with E-state index in [0.717, 1.165) is 22.1 Å². The summed E-state index contributed by atoms with van der Waals surface area (Å²) in [4.78, 5) is 25.0. The van der Waals surface area contributed by atoms with Gasteiger partial charge in [0, 0.05) is 11.2 Å². The molecule has 20 heavy (non-hydrogen) atoms. The van der Waals surface area contributed by atoms with Crippen LogP contribution in [0.15, 0.2) is 29.6 Å². The van der Waals surface area contributed by atoms with Crippen LogP contribution in [0.3, 0.4) is 0 Å². The molecule has 1 aliphatic rings. The van der Waals surface area contributed by atoms with Crippen molar-refractivity contribution in [3.63, 3.8) is 0 Å². The number of amides is 1. The van der Waals surface area contributed by atoms with E-state index in [9.17, 15) is 9.59 Å². The minimum atomic E-state index is -0.897. The highest BCUT2D eigenvalue weighted by Gasteiger charge is 2.33. The summed E-state index contributed by atoms with van der Waals surface area (Å²) in [5.41, 5.74) is 0.992. The van der Waals surface area contributed by atoms with E-state index in [0.29, 0.717) is 13.0 Å². The van der Waals surface area contributed by atoms with Crippen LogP contribution >= 0.6 is 11.3 Å². The number of hydrogen-bond acceptors (Lipinski definition) is 3. The molecule has 1 aliphatic heterocycles. The number of hydrogen-bond donors (Lipinski definition) is 1. The molecule has 1 aromatic carbocycles. The Morgan fingerprint density at radius 2 is 2.15 bits per heavy atom. The fourth-order valence-corrected chi connectivity index (χ4v) is 3.72. The Morgan fingerprint density at radius 1 is 1.35 bits per heavy atom. The molecule has 0 aliphatic carbocycles. The zero-order chi connectivity index (χ0) is 14.1. The van der Waals surface area contributed by atoms with Crippen molar-refractivity contribution in [2.75, 3.05) is 6.54 Å². The molecule has 1 unspecified atom stereocenters. The second kappa shape index (κ2) is 5.25. The van der Waals surface area contributed by atoms with Crippen LogP contribution in [0.5, 0.6) is 0 Å². The number of carbonyl (C=O) groups is 2. The van der Waals surface area contributed by atoms with E-state index in [1.54, 1.807) is 11.3 Å². The summed E-state index contributed by atoms with van der Waals surface area (Å²) in [5.74, 6) is -0.982. The van der Waals surface area contributed by atoms with Crippen molar-refractivity contribution in [2.45, 2.75) is 25.3 Å². The molecule has 1 atom stereocenters. The molecular formula is C15H15NO3S. The average Bonchev–Trinajstić information content (AvgIpc) is 3.06. The molecule has 3 rings (SSSR count). The summed E-state index contributed by atoms with van der Waals surface area (Å²) in [7, 11) is 0. The predicted octanol–water partition coefficient (Wildman–Crippen LogP) is 2.52. The van der Waals surface area contributed by atoms with Gasteiger partial charge in [-0.25, -0.2) is 4.79 Å². The first-order valence-corrected chi connectivity index (χ1v) is 7.52. The van der Waals surface area contributed by atoms with Crippen molar-refractivity contribution in [1.82, 2.24) is 4.90 Å². The van der Waals surface area contributed by atoms with Crippen LogP contribution in [-0.4, -0.2) is 34.5 Å². The lowest BCUT2D eigenvalue weighted by Gasteiger charge is -2.21. The molecule has 2 aromatic rings. The van der Waals surface area contributed by atoms with Crippen LogP contribution < -0.4 is 0 Å². The van der Waals surface area contributed by atoms with Crippen LogP contribution in [-0.2, 0) is 16.0 Å². The number of carboxylic acid groups (broad SMARTS) is 1. The van der Waals surface area contributed by atoms with E-state index in [1.807, 2.05) is 29.6 Å². The van der Waals surface area contributed by atoms with Crippen LogP contribution in [0.1, 0.15) is 18.4 Å². The minimum absolute atomic E-state index is 0.0848. The van der Waals surface area contributed by atoms with Gasteiger partial charge in [0.1, 0.15) is 6.04 Å². The molecule has 0 saturated carbocycles. The predicted molar refractivity (Wildman–Crippen MR) is 77.9 cm³/mol. The lowest BCUT2D eigenvalue weighted by Crippen LogP contribution is -2.41. The number of fused-ring (bicyclic) bond motifs is 1. The molecule has 104 valence electrons. The van der Waals surface area contributed by atoms with Crippen molar-refractivity contribution in [3.8, 4) is 0 Å². The standard InChI is InChI=1S/C15H15NO3S/c17-14(16-7-3-5-12(16)15(18)19)8-10-9-20-13-6-2-1-4-11(10)13/h1-2,4,6,9,12H,3,5,7-8H2,(H,18,19).